The fourth-order valence-electron chi connectivity index (χ4n) is 5.22. The van der Waals surface area contributed by atoms with Crippen LogP contribution in [0.4, 0.5) is 15.8 Å². The third kappa shape index (κ3) is 3.04. The molecule has 0 unspecified atom stereocenters. The van der Waals surface area contributed by atoms with Crippen LogP contribution < -0.4 is 5.32 Å². The Kier molecular flexibility index (Phi) is 4.79. The van der Waals surface area contributed by atoms with E-state index in [1.165, 1.54) is 36.5 Å². The molecule has 2 aliphatic heterocycles. The first-order valence-electron chi connectivity index (χ1n) is 10.4. The van der Waals surface area contributed by atoms with Gasteiger partial charge in [-0.25, -0.2) is 4.39 Å². The molecule has 1 spiro atoms. The molecule has 9 heteroatoms. The normalized spacial score (nSPS) is 24.0. The van der Waals surface area contributed by atoms with Gasteiger partial charge in [-0.05, 0) is 42.9 Å². The smallest absolute Gasteiger partial charge is 0.269 e. The van der Waals surface area contributed by atoms with Crippen molar-refractivity contribution in [2.45, 2.75) is 11.5 Å². The lowest BCUT2D eigenvalue weighted by Gasteiger charge is -2.35. The van der Waals surface area contributed by atoms with E-state index in [4.69, 9.17) is 0 Å². The van der Waals surface area contributed by atoms with Crippen LogP contribution in [-0.2, 0) is 10.3 Å². The molecule has 2 aliphatic rings. The quantitative estimate of drug-likeness (QED) is 0.374. The van der Waals surface area contributed by atoms with Gasteiger partial charge in [0.15, 0.2) is 5.78 Å². The van der Waals surface area contributed by atoms with Crippen molar-refractivity contribution in [1.29, 1.82) is 0 Å². The van der Waals surface area contributed by atoms with Gasteiger partial charge in [0, 0.05) is 42.0 Å². The highest BCUT2D eigenvalue weighted by Gasteiger charge is 2.64. The molecule has 0 aliphatic carbocycles. The van der Waals surface area contributed by atoms with Crippen molar-refractivity contribution in [3.63, 3.8) is 0 Å². The predicted molar refractivity (Wildman–Crippen MR) is 117 cm³/mol. The number of halogens is 1. The number of fused-ring (bicyclic) bond motifs is 2. The van der Waals surface area contributed by atoms with Crippen LogP contribution in [0, 0.1) is 21.8 Å². The molecular formula is C24H19FN4O4. The van der Waals surface area contributed by atoms with Crippen LogP contribution in [0.2, 0.25) is 0 Å². The van der Waals surface area contributed by atoms with E-state index in [1.807, 2.05) is 0 Å². The Labute approximate surface area is 188 Å². The van der Waals surface area contributed by atoms with Crippen molar-refractivity contribution < 1.29 is 18.9 Å². The lowest BCUT2D eigenvalue weighted by atomic mass is 9.71. The number of rotatable bonds is 4. The average Bonchev–Trinajstić information content (AvgIpc) is 3.29. The molecule has 166 valence electrons. The summed E-state index contributed by atoms with van der Waals surface area (Å²) in [6, 6.07) is 15.0. The minimum Gasteiger partial charge on any atom is -0.324 e. The number of hydrogen-bond acceptors (Lipinski definition) is 6. The monoisotopic (exact) mass is 446 g/mol. The van der Waals surface area contributed by atoms with E-state index in [0.717, 1.165) is 0 Å². The number of nitrogens with one attached hydrogen (secondary N) is 1. The predicted octanol–water partition coefficient (Wildman–Crippen LogP) is 3.50. The molecule has 3 heterocycles. The number of nitro benzene ring substituents is 1. The van der Waals surface area contributed by atoms with E-state index in [9.17, 15) is 24.1 Å². The molecule has 2 aromatic carbocycles. The maximum Gasteiger partial charge on any atom is 0.269 e. The molecular weight excluding hydrogens is 427 g/mol. The van der Waals surface area contributed by atoms with Gasteiger partial charge in [0.2, 0.25) is 5.91 Å². The highest BCUT2D eigenvalue weighted by atomic mass is 19.1. The van der Waals surface area contributed by atoms with Crippen LogP contribution in [-0.4, -0.2) is 40.1 Å². The van der Waals surface area contributed by atoms with Gasteiger partial charge in [0.1, 0.15) is 17.1 Å². The number of anilines is 1. The maximum atomic E-state index is 14.3. The third-order valence-electron chi connectivity index (χ3n) is 6.64. The zero-order valence-corrected chi connectivity index (χ0v) is 17.6. The van der Waals surface area contributed by atoms with Crippen LogP contribution in [0.5, 0.6) is 0 Å². The van der Waals surface area contributed by atoms with Gasteiger partial charge in [-0.15, -0.1) is 0 Å². The Hall–Kier alpha value is -3.98. The number of likely N-dealkylation sites (N-methyl/N-ethyl adjacent to an activating group) is 1. The number of aromatic nitrogens is 1. The largest absolute Gasteiger partial charge is 0.324 e. The molecule has 5 rings (SSSR count). The van der Waals surface area contributed by atoms with E-state index in [0.29, 0.717) is 23.4 Å². The lowest BCUT2D eigenvalue weighted by molar-refractivity contribution is -0.384. The Bertz CT molecular complexity index is 1280. The van der Waals surface area contributed by atoms with Gasteiger partial charge in [-0.1, -0.05) is 18.2 Å². The number of amides is 1. The zero-order valence-electron chi connectivity index (χ0n) is 17.6. The molecule has 33 heavy (non-hydrogen) atoms. The zero-order chi connectivity index (χ0) is 23.3. The van der Waals surface area contributed by atoms with E-state index in [-0.39, 0.29) is 17.2 Å². The van der Waals surface area contributed by atoms with Crippen molar-refractivity contribution in [2.75, 3.05) is 18.9 Å². The first kappa shape index (κ1) is 20.9. The molecule has 1 aromatic heterocycles. The van der Waals surface area contributed by atoms with Gasteiger partial charge in [0.05, 0.1) is 10.8 Å². The molecule has 1 N–H and O–H groups in total. The van der Waals surface area contributed by atoms with E-state index in [2.05, 4.69) is 10.3 Å². The molecule has 0 radical (unpaired) electrons. The first-order chi connectivity index (χ1) is 15.8. The number of ketones is 1. The van der Waals surface area contributed by atoms with Gasteiger partial charge < -0.3 is 5.32 Å². The van der Waals surface area contributed by atoms with Gasteiger partial charge in [-0.3, -0.25) is 29.6 Å². The lowest BCUT2D eigenvalue weighted by Crippen LogP contribution is -2.51. The SMILES string of the molecule is CN1C[C@H](c2ccc([N+](=O)[O-])cc2)[C@@H](C(=O)c2ccccn2)[C@]12C(=O)Nc1ccc(F)cc12. The van der Waals surface area contributed by atoms with Gasteiger partial charge >= 0.3 is 0 Å². The van der Waals surface area contributed by atoms with Crippen molar-refractivity contribution in [3.8, 4) is 0 Å². The second-order valence-electron chi connectivity index (χ2n) is 8.30. The highest BCUT2D eigenvalue weighted by Crippen LogP contribution is 2.55. The number of nitro groups is 1. The standard InChI is InChI=1S/C24H19FN4O4/c1-28-13-17(14-5-8-16(9-6-14)29(32)33)21(22(30)20-4-2-3-11-26-20)24(28)18-12-15(25)7-10-19(18)27-23(24)31/h2-12,17,21H,13H2,1H3,(H,27,31)/t17-,21+,24-/m1/s1. The molecule has 0 bridgehead atoms. The highest BCUT2D eigenvalue weighted by molar-refractivity contribution is 6.11. The first-order valence-corrected chi connectivity index (χ1v) is 10.4. The number of carbonyl (C=O) groups excluding carboxylic acids is 2. The van der Waals surface area contributed by atoms with E-state index >= 15 is 0 Å². The van der Waals surface area contributed by atoms with Crippen molar-refractivity contribution in [1.82, 2.24) is 9.88 Å². The van der Waals surface area contributed by atoms with E-state index in [1.54, 1.807) is 42.3 Å². The van der Waals surface area contributed by atoms with Crippen LogP contribution >= 0.6 is 0 Å². The molecule has 1 amide bonds. The van der Waals surface area contributed by atoms with Crippen LogP contribution in [0.3, 0.4) is 0 Å². The number of Topliss-reactive ketones (excluding diaryl/α,β-unsaturated/α-hetero) is 1. The summed E-state index contributed by atoms with van der Waals surface area (Å²) in [5, 5.41) is 13.9. The fourth-order valence-corrected chi connectivity index (χ4v) is 5.22. The molecule has 3 atom stereocenters. The van der Waals surface area contributed by atoms with Crippen molar-refractivity contribution >= 4 is 23.1 Å². The maximum absolute atomic E-state index is 14.3. The second kappa shape index (κ2) is 7.56. The molecule has 0 saturated carbocycles. The average molecular weight is 446 g/mol. The van der Waals surface area contributed by atoms with Gasteiger partial charge in [0.25, 0.3) is 5.69 Å². The van der Waals surface area contributed by atoms with Crippen LogP contribution in [0.1, 0.15) is 27.5 Å². The number of carbonyl (C=O) groups is 2. The molecule has 1 saturated heterocycles. The molecule has 8 nitrogen and oxygen atoms in total. The van der Waals surface area contributed by atoms with Crippen molar-refractivity contribution in [2.24, 2.45) is 5.92 Å². The summed E-state index contributed by atoms with van der Waals surface area (Å²) in [4.78, 5) is 44.0. The number of nitrogens with zero attached hydrogens (tertiary/aromatic N) is 3. The Morgan fingerprint density at radius 3 is 2.64 bits per heavy atom. The second-order valence-corrected chi connectivity index (χ2v) is 8.30. The summed E-state index contributed by atoms with van der Waals surface area (Å²) in [6.07, 6.45) is 1.50. The summed E-state index contributed by atoms with van der Waals surface area (Å²) in [6.45, 7) is 0.310. The Morgan fingerprint density at radius 2 is 1.97 bits per heavy atom. The number of pyridine rings is 1. The minimum atomic E-state index is -1.45. The van der Waals surface area contributed by atoms with Crippen molar-refractivity contribution in [3.05, 3.63) is 99.6 Å². The molecule has 3 aromatic rings. The Balaban J connectivity index is 1.71. The van der Waals surface area contributed by atoms with Crippen LogP contribution in [0.25, 0.3) is 0 Å². The van der Waals surface area contributed by atoms with E-state index < -0.39 is 34.0 Å². The molecule has 1 fully saturated rings. The number of hydrogen-bond donors (Lipinski definition) is 1. The number of non-ortho nitro benzene ring substituents is 1. The number of benzene rings is 2. The summed E-state index contributed by atoms with van der Waals surface area (Å²) >= 11 is 0. The summed E-state index contributed by atoms with van der Waals surface area (Å²) < 4.78 is 14.3. The summed E-state index contributed by atoms with van der Waals surface area (Å²) in [7, 11) is 1.73. The minimum absolute atomic E-state index is 0.0709. The Morgan fingerprint density at radius 1 is 1.21 bits per heavy atom. The summed E-state index contributed by atoms with van der Waals surface area (Å²) in [5.41, 5.74) is 0.208. The number of likely N-dealkylation sites (tertiary alicyclic amines) is 1. The van der Waals surface area contributed by atoms with Crippen LogP contribution in [0.15, 0.2) is 66.9 Å². The summed E-state index contributed by atoms with van der Waals surface area (Å²) in [5.74, 6) is -2.69. The van der Waals surface area contributed by atoms with Gasteiger partial charge in [-0.2, -0.15) is 0 Å². The topological polar surface area (TPSA) is 105 Å². The fraction of sp³-hybridized carbons (Fsp3) is 0.208. The third-order valence-corrected chi connectivity index (χ3v) is 6.64.